The molecule has 6 nitrogen and oxygen atoms in total. The second-order valence-corrected chi connectivity index (χ2v) is 9.68. The van der Waals surface area contributed by atoms with E-state index in [1.54, 1.807) is 20.1 Å². The first-order valence-corrected chi connectivity index (χ1v) is 12.0. The van der Waals surface area contributed by atoms with Gasteiger partial charge in [-0.2, -0.15) is 0 Å². The fraction of sp³-hybridized carbons (Fsp3) is 0.481. The van der Waals surface area contributed by atoms with Crippen LogP contribution in [0.5, 0.6) is 11.5 Å². The van der Waals surface area contributed by atoms with E-state index in [4.69, 9.17) is 9.47 Å². The van der Waals surface area contributed by atoms with Crippen molar-refractivity contribution in [3.63, 3.8) is 0 Å². The van der Waals surface area contributed by atoms with Gasteiger partial charge >= 0.3 is 0 Å². The summed E-state index contributed by atoms with van der Waals surface area (Å²) in [6, 6.07) is 8.53. The quantitative estimate of drug-likeness (QED) is 0.409. The molecule has 0 aliphatic carbocycles. The van der Waals surface area contributed by atoms with Crippen molar-refractivity contribution in [1.82, 2.24) is 14.9 Å². The summed E-state index contributed by atoms with van der Waals surface area (Å²) < 4.78 is 38.8. The summed E-state index contributed by atoms with van der Waals surface area (Å²) in [7, 11) is 3.74. The molecule has 0 radical (unpaired) electrons. The number of likely N-dealkylation sites (N-methyl/N-ethyl adjacent to an activating group) is 1. The van der Waals surface area contributed by atoms with Gasteiger partial charge in [-0.15, -0.1) is 0 Å². The molecule has 0 saturated carbocycles. The van der Waals surface area contributed by atoms with Gasteiger partial charge in [0, 0.05) is 17.0 Å². The van der Waals surface area contributed by atoms with Crippen molar-refractivity contribution < 1.29 is 18.3 Å². The van der Waals surface area contributed by atoms with Crippen molar-refractivity contribution >= 4 is 16.7 Å². The van der Waals surface area contributed by atoms with Crippen LogP contribution >= 0.6 is 0 Å². The lowest BCUT2D eigenvalue weighted by molar-refractivity contribution is 0.112. The second kappa shape index (κ2) is 9.93. The largest absolute Gasteiger partial charge is 0.493 e. The molecular formula is C27H34F2N4O2. The van der Waals surface area contributed by atoms with Crippen LogP contribution in [-0.2, 0) is 0 Å². The summed E-state index contributed by atoms with van der Waals surface area (Å²) in [4.78, 5) is 11.6. The number of methoxy groups -OCH3 is 1. The highest BCUT2D eigenvalue weighted by Crippen LogP contribution is 2.37. The van der Waals surface area contributed by atoms with E-state index in [1.807, 2.05) is 32.0 Å². The number of aromatic nitrogens is 2. The Balaban J connectivity index is 1.69. The molecule has 0 bridgehead atoms. The first-order valence-electron chi connectivity index (χ1n) is 12.0. The molecule has 2 atom stereocenters. The number of likely N-dealkylation sites (tertiary alicyclic amines) is 1. The Hall–Kier alpha value is -3.00. The molecule has 1 saturated heterocycles. The number of fused-ring (bicyclic) bond motifs is 1. The van der Waals surface area contributed by atoms with Crippen molar-refractivity contribution in [2.24, 2.45) is 0 Å². The number of ether oxygens (including phenoxy) is 2. The Morgan fingerprint density at radius 2 is 1.89 bits per heavy atom. The van der Waals surface area contributed by atoms with Crippen LogP contribution in [0, 0.1) is 13.8 Å². The van der Waals surface area contributed by atoms with E-state index in [9.17, 15) is 8.78 Å². The first-order chi connectivity index (χ1) is 16.6. The minimum atomic E-state index is -2.52. The molecule has 1 aliphatic rings. The highest BCUT2D eigenvalue weighted by atomic mass is 19.3. The van der Waals surface area contributed by atoms with Crippen LogP contribution < -0.4 is 14.8 Å². The third-order valence-corrected chi connectivity index (χ3v) is 7.23. The van der Waals surface area contributed by atoms with E-state index in [-0.39, 0.29) is 17.1 Å². The van der Waals surface area contributed by atoms with Gasteiger partial charge < -0.3 is 14.8 Å². The number of aryl methyl sites for hydroxylation is 1. The number of halogens is 2. The molecule has 1 N–H and O–H groups in total. The van der Waals surface area contributed by atoms with Crippen molar-refractivity contribution in [1.29, 1.82) is 0 Å². The highest BCUT2D eigenvalue weighted by Gasteiger charge is 2.35. The number of hydrogen-bond acceptors (Lipinski definition) is 6. The Morgan fingerprint density at radius 3 is 2.54 bits per heavy atom. The highest BCUT2D eigenvalue weighted by molar-refractivity contribution is 5.92. The van der Waals surface area contributed by atoms with E-state index < -0.39 is 6.43 Å². The molecule has 4 rings (SSSR count). The van der Waals surface area contributed by atoms with Gasteiger partial charge in [-0.05, 0) is 71.3 Å². The lowest BCUT2D eigenvalue weighted by atomic mass is 9.97. The number of hydrogen-bond donors (Lipinski definition) is 1. The average Bonchev–Trinajstić information content (AvgIpc) is 3.15. The number of nitrogens with zero attached hydrogens (tertiary/aromatic N) is 3. The van der Waals surface area contributed by atoms with E-state index in [2.05, 4.69) is 34.2 Å². The minimum absolute atomic E-state index is 0.0351. The summed E-state index contributed by atoms with van der Waals surface area (Å²) >= 11 is 0. The maximum Gasteiger partial charge on any atom is 0.264 e. The van der Waals surface area contributed by atoms with Gasteiger partial charge in [0.05, 0.1) is 24.2 Å². The zero-order valence-corrected chi connectivity index (χ0v) is 21.3. The maximum atomic E-state index is 13.4. The van der Waals surface area contributed by atoms with Crippen LogP contribution in [0.25, 0.3) is 10.9 Å². The Kier molecular flexibility index (Phi) is 7.12. The molecule has 1 aromatic heterocycles. The second-order valence-electron chi connectivity index (χ2n) is 9.68. The van der Waals surface area contributed by atoms with Gasteiger partial charge in [0.15, 0.2) is 11.5 Å². The number of alkyl halides is 2. The van der Waals surface area contributed by atoms with Gasteiger partial charge in [-0.1, -0.05) is 18.2 Å². The zero-order chi connectivity index (χ0) is 25.3. The maximum absolute atomic E-state index is 13.4. The van der Waals surface area contributed by atoms with Crippen LogP contribution in [0.2, 0.25) is 0 Å². The summed E-state index contributed by atoms with van der Waals surface area (Å²) in [5, 5.41) is 4.21. The van der Waals surface area contributed by atoms with Gasteiger partial charge in [0.1, 0.15) is 18.2 Å². The molecule has 1 aliphatic heterocycles. The molecule has 1 fully saturated rings. The SMILES string of the molecule is COc1cc2nc(C)nc(N[C@H](C)c3cccc(C(F)F)c3C)c2cc1OC[C@]1(C)CCCN1C. The average molecular weight is 485 g/mol. The molecule has 8 heteroatoms. The first kappa shape index (κ1) is 25.1. The number of rotatable bonds is 8. The summed E-state index contributed by atoms with van der Waals surface area (Å²) in [5.41, 5.74) is 2.11. The molecule has 2 heterocycles. The molecule has 35 heavy (non-hydrogen) atoms. The predicted molar refractivity (Wildman–Crippen MR) is 135 cm³/mol. The lowest BCUT2D eigenvalue weighted by Crippen LogP contribution is -2.43. The normalized spacial score (nSPS) is 19.3. The molecule has 2 aromatic carbocycles. The topological polar surface area (TPSA) is 59.5 Å². The summed E-state index contributed by atoms with van der Waals surface area (Å²) in [5.74, 6) is 2.46. The van der Waals surface area contributed by atoms with Gasteiger partial charge in [0.2, 0.25) is 0 Å². The van der Waals surface area contributed by atoms with Gasteiger partial charge in [0.25, 0.3) is 6.43 Å². The zero-order valence-electron chi connectivity index (χ0n) is 21.3. The van der Waals surface area contributed by atoms with Crippen LogP contribution in [0.1, 0.15) is 61.7 Å². The van der Waals surface area contributed by atoms with Crippen molar-refractivity contribution in [3.8, 4) is 11.5 Å². The van der Waals surface area contributed by atoms with E-state index in [0.29, 0.717) is 35.3 Å². The Bertz CT molecular complexity index is 1220. The van der Waals surface area contributed by atoms with Crippen molar-refractivity contribution in [2.45, 2.75) is 58.5 Å². The molecule has 0 spiro atoms. The van der Waals surface area contributed by atoms with Gasteiger partial charge in [-0.25, -0.2) is 18.7 Å². The molecule has 188 valence electrons. The number of nitrogens with one attached hydrogen (secondary N) is 1. The third kappa shape index (κ3) is 5.03. The molecule has 0 amide bonds. The lowest BCUT2D eigenvalue weighted by Gasteiger charge is -2.32. The van der Waals surface area contributed by atoms with Gasteiger partial charge in [-0.3, -0.25) is 4.90 Å². The van der Waals surface area contributed by atoms with E-state index in [1.165, 1.54) is 6.07 Å². The van der Waals surface area contributed by atoms with Crippen LogP contribution in [-0.4, -0.2) is 47.7 Å². The fourth-order valence-corrected chi connectivity index (χ4v) is 4.87. The fourth-order valence-electron chi connectivity index (χ4n) is 4.87. The summed E-state index contributed by atoms with van der Waals surface area (Å²) in [6.45, 7) is 9.31. The predicted octanol–water partition coefficient (Wildman–Crippen LogP) is 6.23. The van der Waals surface area contributed by atoms with Crippen molar-refractivity contribution in [3.05, 3.63) is 52.8 Å². The van der Waals surface area contributed by atoms with Crippen molar-refractivity contribution in [2.75, 3.05) is 32.6 Å². The van der Waals surface area contributed by atoms with E-state index in [0.717, 1.165) is 35.9 Å². The third-order valence-electron chi connectivity index (χ3n) is 7.23. The number of benzene rings is 2. The van der Waals surface area contributed by atoms with E-state index >= 15 is 0 Å². The number of anilines is 1. The summed E-state index contributed by atoms with van der Waals surface area (Å²) in [6.07, 6.45) is -0.295. The molecule has 0 unspecified atom stereocenters. The minimum Gasteiger partial charge on any atom is -0.493 e. The molecular weight excluding hydrogens is 450 g/mol. The van der Waals surface area contributed by atoms with Crippen LogP contribution in [0.3, 0.4) is 0 Å². The Morgan fingerprint density at radius 1 is 1.14 bits per heavy atom. The molecule has 3 aromatic rings. The van der Waals surface area contributed by atoms with Crippen LogP contribution in [0.15, 0.2) is 30.3 Å². The monoisotopic (exact) mass is 484 g/mol. The Labute approximate surface area is 205 Å². The van der Waals surface area contributed by atoms with Crippen LogP contribution in [0.4, 0.5) is 14.6 Å². The smallest absolute Gasteiger partial charge is 0.264 e. The standard InChI is InChI=1S/C27H34F2N4O2/c1-16-19(9-7-10-20(16)25(28)29)17(2)30-26-21-13-24(35-15-27(4)11-8-12-33(27)5)23(34-6)14-22(21)31-18(3)32-26/h7,9-10,13-14,17,25H,8,11-12,15H2,1-6H3,(H,30,31,32)/t17-,27+/m1/s1.